The second-order valence-electron chi connectivity index (χ2n) is 4.09. The molecule has 0 unspecified atom stereocenters. The summed E-state index contributed by atoms with van der Waals surface area (Å²) in [5, 5.41) is -0.169. The van der Waals surface area contributed by atoms with Gasteiger partial charge in [-0.3, -0.25) is 9.78 Å². The van der Waals surface area contributed by atoms with Gasteiger partial charge in [0.15, 0.2) is 0 Å². The molecule has 0 saturated heterocycles. The summed E-state index contributed by atoms with van der Waals surface area (Å²) in [7, 11) is -2.30. The lowest BCUT2D eigenvalue weighted by atomic mass is 10.3. The molecule has 20 heavy (non-hydrogen) atoms. The fourth-order valence-corrected chi connectivity index (χ4v) is 2.94. The molecule has 8 heteroatoms. The number of H-pyrrole nitrogens is 1. The van der Waals surface area contributed by atoms with Gasteiger partial charge in [0.1, 0.15) is 5.02 Å². The summed E-state index contributed by atoms with van der Waals surface area (Å²) in [4.78, 5) is 17.4. The number of pyridine rings is 2. The average Bonchev–Trinajstić information content (AvgIpc) is 2.42. The van der Waals surface area contributed by atoms with Crippen LogP contribution in [0.4, 0.5) is 0 Å². The Bertz CT molecular complexity index is 759. The van der Waals surface area contributed by atoms with Crippen molar-refractivity contribution < 1.29 is 8.42 Å². The highest BCUT2D eigenvalue weighted by Crippen LogP contribution is 2.16. The highest BCUT2D eigenvalue weighted by Gasteiger charge is 2.22. The number of sulfonamides is 1. The first-order valence-corrected chi connectivity index (χ1v) is 7.47. The molecular formula is C12H12ClN3O3S. The molecule has 0 aliphatic carbocycles. The lowest BCUT2D eigenvalue weighted by molar-refractivity contribution is 0.462. The molecule has 0 spiro atoms. The maximum atomic E-state index is 12.3. The van der Waals surface area contributed by atoms with Crippen LogP contribution in [-0.2, 0) is 16.6 Å². The van der Waals surface area contributed by atoms with Crippen LogP contribution in [0.3, 0.4) is 0 Å². The largest absolute Gasteiger partial charge is 0.326 e. The number of rotatable bonds is 4. The smallest absolute Gasteiger partial charge is 0.266 e. The van der Waals surface area contributed by atoms with Gasteiger partial charge in [-0.2, -0.15) is 4.31 Å². The molecule has 2 heterocycles. The quantitative estimate of drug-likeness (QED) is 0.920. The highest BCUT2D eigenvalue weighted by atomic mass is 35.5. The van der Waals surface area contributed by atoms with Crippen LogP contribution >= 0.6 is 11.6 Å². The summed E-state index contributed by atoms with van der Waals surface area (Å²) in [5.41, 5.74) is 0.0899. The molecular weight excluding hydrogens is 302 g/mol. The molecule has 0 bridgehead atoms. The van der Waals surface area contributed by atoms with Gasteiger partial charge in [0, 0.05) is 19.4 Å². The zero-order valence-corrected chi connectivity index (χ0v) is 12.1. The van der Waals surface area contributed by atoms with Crippen LogP contribution in [0, 0.1) is 0 Å². The number of aromatic nitrogens is 2. The standard InChI is InChI=1S/C12H12ClN3O3S/c1-16(8-9-4-2-3-5-14-9)20(18,19)10-6-11(13)12(17)15-7-10/h2-7H,8H2,1H3,(H,15,17). The molecule has 0 aromatic carbocycles. The summed E-state index contributed by atoms with van der Waals surface area (Å²) < 4.78 is 25.8. The van der Waals surface area contributed by atoms with Crippen LogP contribution in [0.25, 0.3) is 0 Å². The minimum absolute atomic E-state index is 0.0690. The SMILES string of the molecule is CN(Cc1ccccn1)S(=O)(=O)c1c[nH]c(=O)c(Cl)c1. The monoisotopic (exact) mass is 313 g/mol. The maximum Gasteiger partial charge on any atom is 0.266 e. The zero-order valence-electron chi connectivity index (χ0n) is 10.6. The van der Waals surface area contributed by atoms with E-state index in [2.05, 4.69) is 9.97 Å². The third kappa shape index (κ3) is 3.06. The molecule has 0 radical (unpaired) electrons. The summed E-state index contributed by atoms with van der Waals surface area (Å²) in [5.74, 6) is 0. The molecule has 0 aliphatic rings. The Morgan fingerprint density at radius 1 is 1.40 bits per heavy atom. The van der Waals surface area contributed by atoms with Crippen molar-refractivity contribution in [2.75, 3.05) is 7.05 Å². The Morgan fingerprint density at radius 3 is 2.75 bits per heavy atom. The van der Waals surface area contributed by atoms with Gasteiger partial charge in [0.25, 0.3) is 5.56 Å². The van der Waals surface area contributed by atoms with E-state index < -0.39 is 15.6 Å². The van der Waals surface area contributed by atoms with Crippen molar-refractivity contribution in [3.63, 3.8) is 0 Å². The van der Waals surface area contributed by atoms with E-state index >= 15 is 0 Å². The lowest BCUT2D eigenvalue weighted by Gasteiger charge is -2.16. The average molecular weight is 314 g/mol. The fourth-order valence-electron chi connectivity index (χ4n) is 1.57. The molecule has 1 N–H and O–H groups in total. The molecule has 2 aromatic heterocycles. The van der Waals surface area contributed by atoms with Crippen LogP contribution in [0.15, 0.2) is 46.3 Å². The Morgan fingerprint density at radius 2 is 2.15 bits per heavy atom. The van der Waals surface area contributed by atoms with Gasteiger partial charge in [0.05, 0.1) is 17.1 Å². The molecule has 2 aromatic rings. The van der Waals surface area contributed by atoms with Crippen LogP contribution in [0.1, 0.15) is 5.69 Å². The number of nitrogens with zero attached hydrogens (tertiary/aromatic N) is 2. The van der Waals surface area contributed by atoms with E-state index in [9.17, 15) is 13.2 Å². The van der Waals surface area contributed by atoms with E-state index in [0.717, 1.165) is 16.6 Å². The number of hydrogen-bond donors (Lipinski definition) is 1. The van der Waals surface area contributed by atoms with Crippen LogP contribution < -0.4 is 5.56 Å². The second kappa shape index (κ2) is 5.74. The van der Waals surface area contributed by atoms with E-state index in [1.807, 2.05) is 0 Å². The van der Waals surface area contributed by atoms with Gasteiger partial charge in [-0.15, -0.1) is 0 Å². The van der Waals surface area contributed by atoms with Crippen molar-refractivity contribution in [3.8, 4) is 0 Å². The van der Waals surface area contributed by atoms with Gasteiger partial charge >= 0.3 is 0 Å². The van der Waals surface area contributed by atoms with E-state index in [0.29, 0.717) is 5.69 Å². The predicted molar refractivity (Wildman–Crippen MR) is 75.0 cm³/mol. The number of halogens is 1. The number of aromatic amines is 1. The molecule has 106 valence electrons. The summed E-state index contributed by atoms with van der Waals surface area (Å²) in [6, 6.07) is 6.38. The van der Waals surface area contributed by atoms with Crippen molar-refractivity contribution in [1.82, 2.24) is 14.3 Å². The third-order valence-electron chi connectivity index (χ3n) is 2.65. The minimum atomic E-state index is -3.74. The zero-order chi connectivity index (χ0) is 14.8. The molecule has 6 nitrogen and oxygen atoms in total. The number of nitrogens with one attached hydrogen (secondary N) is 1. The van der Waals surface area contributed by atoms with Crippen molar-refractivity contribution in [2.45, 2.75) is 11.4 Å². The van der Waals surface area contributed by atoms with E-state index in [-0.39, 0.29) is 16.5 Å². The summed E-state index contributed by atoms with van der Waals surface area (Å²) >= 11 is 5.65. The van der Waals surface area contributed by atoms with Crippen LogP contribution in [0.5, 0.6) is 0 Å². The van der Waals surface area contributed by atoms with Crippen molar-refractivity contribution >= 4 is 21.6 Å². The Balaban J connectivity index is 2.30. The van der Waals surface area contributed by atoms with Crippen LogP contribution in [0.2, 0.25) is 5.02 Å². The highest BCUT2D eigenvalue weighted by molar-refractivity contribution is 7.89. The lowest BCUT2D eigenvalue weighted by Crippen LogP contribution is -2.27. The van der Waals surface area contributed by atoms with E-state index in [1.165, 1.54) is 7.05 Å². The first-order chi connectivity index (χ1) is 9.41. The Kier molecular flexibility index (Phi) is 4.22. The second-order valence-corrected chi connectivity index (χ2v) is 6.55. The predicted octanol–water partition coefficient (Wildman–Crippen LogP) is 1.24. The Labute approximate surface area is 121 Å². The summed E-state index contributed by atoms with van der Waals surface area (Å²) in [6.07, 6.45) is 2.71. The first kappa shape index (κ1) is 14.7. The van der Waals surface area contributed by atoms with Crippen molar-refractivity contribution in [3.05, 3.63) is 57.7 Å². The van der Waals surface area contributed by atoms with Crippen molar-refractivity contribution in [1.29, 1.82) is 0 Å². The van der Waals surface area contributed by atoms with Crippen LogP contribution in [-0.4, -0.2) is 29.7 Å². The molecule has 2 rings (SSSR count). The third-order valence-corrected chi connectivity index (χ3v) is 4.71. The topological polar surface area (TPSA) is 83.1 Å². The van der Waals surface area contributed by atoms with Gasteiger partial charge in [-0.1, -0.05) is 17.7 Å². The normalized spacial score (nSPS) is 11.8. The van der Waals surface area contributed by atoms with Gasteiger partial charge in [-0.05, 0) is 18.2 Å². The molecule has 0 aliphatic heterocycles. The van der Waals surface area contributed by atoms with Crippen molar-refractivity contribution in [2.24, 2.45) is 0 Å². The molecule has 0 atom stereocenters. The minimum Gasteiger partial charge on any atom is -0.326 e. The fraction of sp³-hybridized carbons (Fsp3) is 0.167. The van der Waals surface area contributed by atoms with E-state index in [4.69, 9.17) is 11.6 Å². The van der Waals surface area contributed by atoms with Gasteiger partial charge in [0.2, 0.25) is 10.0 Å². The maximum absolute atomic E-state index is 12.3. The van der Waals surface area contributed by atoms with E-state index in [1.54, 1.807) is 24.4 Å². The Hall–Kier alpha value is -1.70. The first-order valence-electron chi connectivity index (χ1n) is 5.66. The van der Waals surface area contributed by atoms with Gasteiger partial charge < -0.3 is 4.98 Å². The number of hydrogen-bond acceptors (Lipinski definition) is 4. The van der Waals surface area contributed by atoms with Gasteiger partial charge in [-0.25, -0.2) is 8.42 Å². The molecule has 0 amide bonds. The summed E-state index contributed by atoms with van der Waals surface area (Å²) in [6.45, 7) is 0.125. The molecule has 0 saturated carbocycles. The molecule has 0 fully saturated rings.